The van der Waals surface area contributed by atoms with E-state index in [1.54, 1.807) is 12.1 Å². The molecule has 2 unspecified atom stereocenters. The van der Waals surface area contributed by atoms with E-state index in [-0.39, 0.29) is 5.41 Å². The van der Waals surface area contributed by atoms with E-state index < -0.39 is 0 Å². The molecule has 138 valence electrons. The molecule has 1 aliphatic rings. The Labute approximate surface area is 157 Å². The minimum atomic E-state index is 0.110. The van der Waals surface area contributed by atoms with Crippen molar-refractivity contribution < 1.29 is 10.2 Å². The van der Waals surface area contributed by atoms with Crippen LogP contribution in [0.1, 0.15) is 57.6 Å². The average molecular weight is 351 g/mol. The van der Waals surface area contributed by atoms with Crippen molar-refractivity contribution in [2.75, 3.05) is 0 Å². The number of benzene rings is 2. The number of allylic oxidation sites excluding steroid dienone is 2. The highest BCUT2D eigenvalue weighted by Crippen LogP contribution is 2.46. The molecule has 2 nitrogen and oxygen atoms in total. The lowest BCUT2D eigenvalue weighted by atomic mass is 9.63. The summed E-state index contributed by atoms with van der Waals surface area (Å²) >= 11 is 0. The molecule has 1 aliphatic carbocycles. The standard InChI is InChI=1S/C24H30O2/c1-17(2)16-24(3,21-10-14-23(26)15-11-21)20-8-4-18(5-9-20)19-6-12-22(25)13-7-19/h4,6-7,10-15,17,20,25-26H,5,8-9,16H2,1-3H3. The molecule has 2 N–H and O–H groups in total. The molecule has 0 heterocycles. The SMILES string of the molecule is CC(C)CC(C)(c1ccc(O)cc1)C1CC=C(c2ccc(O)cc2)CC1. The molecule has 0 aliphatic heterocycles. The predicted molar refractivity (Wildman–Crippen MR) is 108 cm³/mol. The third-order valence-corrected chi connectivity index (χ3v) is 5.91. The van der Waals surface area contributed by atoms with Gasteiger partial charge >= 0.3 is 0 Å². The normalized spacial score (nSPS) is 19.8. The van der Waals surface area contributed by atoms with Crippen LogP contribution in [0.25, 0.3) is 5.57 Å². The van der Waals surface area contributed by atoms with Gasteiger partial charge in [-0.3, -0.25) is 0 Å². The summed E-state index contributed by atoms with van der Waals surface area (Å²) in [5.41, 5.74) is 4.05. The lowest BCUT2D eigenvalue weighted by Crippen LogP contribution is -2.34. The summed E-state index contributed by atoms with van der Waals surface area (Å²) < 4.78 is 0. The molecule has 0 bridgehead atoms. The lowest BCUT2D eigenvalue weighted by molar-refractivity contribution is 0.228. The number of phenols is 2. The maximum absolute atomic E-state index is 9.67. The van der Waals surface area contributed by atoms with Gasteiger partial charge in [0.2, 0.25) is 0 Å². The van der Waals surface area contributed by atoms with E-state index in [1.807, 2.05) is 24.3 Å². The molecule has 0 amide bonds. The van der Waals surface area contributed by atoms with Gasteiger partial charge in [0.1, 0.15) is 11.5 Å². The maximum Gasteiger partial charge on any atom is 0.115 e. The quantitative estimate of drug-likeness (QED) is 0.665. The summed E-state index contributed by atoms with van der Waals surface area (Å²) in [6.07, 6.45) is 6.84. The molecule has 0 aromatic heterocycles. The van der Waals surface area contributed by atoms with Crippen LogP contribution in [0, 0.1) is 11.8 Å². The van der Waals surface area contributed by atoms with Gasteiger partial charge in [0.05, 0.1) is 0 Å². The summed E-state index contributed by atoms with van der Waals surface area (Å²) in [5.74, 6) is 1.87. The van der Waals surface area contributed by atoms with Crippen LogP contribution in [0.2, 0.25) is 0 Å². The third-order valence-electron chi connectivity index (χ3n) is 5.91. The van der Waals surface area contributed by atoms with Crippen LogP contribution >= 0.6 is 0 Å². The van der Waals surface area contributed by atoms with Gasteiger partial charge in [-0.1, -0.05) is 51.1 Å². The van der Waals surface area contributed by atoms with Crippen molar-refractivity contribution in [2.45, 2.75) is 51.9 Å². The Bertz CT molecular complexity index is 756. The predicted octanol–water partition coefficient (Wildman–Crippen LogP) is 6.29. The van der Waals surface area contributed by atoms with Crippen LogP contribution in [0.3, 0.4) is 0 Å². The van der Waals surface area contributed by atoms with Crippen molar-refractivity contribution in [3.05, 3.63) is 65.7 Å². The Balaban J connectivity index is 1.85. The molecule has 3 rings (SSSR count). The zero-order valence-electron chi connectivity index (χ0n) is 16.1. The summed E-state index contributed by atoms with van der Waals surface area (Å²) in [5, 5.41) is 19.2. The van der Waals surface area contributed by atoms with E-state index >= 15 is 0 Å². The number of rotatable bonds is 5. The van der Waals surface area contributed by atoms with E-state index in [0.717, 1.165) is 25.7 Å². The number of hydrogen-bond acceptors (Lipinski definition) is 2. The highest BCUT2D eigenvalue weighted by Gasteiger charge is 2.37. The van der Waals surface area contributed by atoms with Gasteiger partial charge in [0.25, 0.3) is 0 Å². The first kappa shape index (κ1) is 18.6. The highest BCUT2D eigenvalue weighted by molar-refractivity contribution is 5.66. The number of aromatic hydroxyl groups is 2. The van der Waals surface area contributed by atoms with Crippen LogP contribution in [0.15, 0.2) is 54.6 Å². The Kier molecular flexibility index (Phi) is 5.41. The van der Waals surface area contributed by atoms with Gasteiger partial charge in [-0.25, -0.2) is 0 Å². The van der Waals surface area contributed by atoms with Crippen LogP contribution in [-0.4, -0.2) is 10.2 Å². The van der Waals surface area contributed by atoms with E-state index in [0.29, 0.717) is 23.3 Å². The Morgan fingerprint density at radius 2 is 1.54 bits per heavy atom. The van der Waals surface area contributed by atoms with Gasteiger partial charge in [-0.15, -0.1) is 0 Å². The second-order valence-corrected chi connectivity index (χ2v) is 8.31. The molecular formula is C24H30O2. The smallest absolute Gasteiger partial charge is 0.115 e. The van der Waals surface area contributed by atoms with Crippen molar-refractivity contribution >= 4 is 5.57 Å². The monoisotopic (exact) mass is 350 g/mol. The van der Waals surface area contributed by atoms with Crippen molar-refractivity contribution in [1.82, 2.24) is 0 Å². The second kappa shape index (κ2) is 7.57. The van der Waals surface area contributed by atoms with Crippen molar-refractivity contribution in [1.29, 1.82) is 0 Å². The lowest BCUT2D eigenvalue weighted by Gasteiger charge is -2.41. The van der Waals surface area contributed by atoms with E-state index in [9.17, 15) is 10.2 Å². The molecule has 0 spiro atoms. The van der Waals surface area contributed by atoms with Crippen LogP contribution < -0.4 is 0 Å². The maximum atomic E-state index is 9.67. The van der Waals surface area contributed by atoms with E-state index in [1.165, 1.54) is 16.7 Å². The summed E-state index contributed by atoms with van der Waals surface area (Å²) in [6, 6.07) is 15.4. The first-order chi connectivity index (χ1) is 12.4. The Morgan fingerprint density at radius 3 is 2.04 bits per heavy atom. The van der Waals surface area contributed by atoms with Crippen LogP contribution in [0.5, 0.6) is 11.5 Å². The van der Waals surface area contributed by atoms with Crippen molar-refractivity contribution in [3.63, 3.8) is 0 Å². The molecule has 0 saturated carbocycles. The van der Waals surface area contributed by atoms with E-state index in [4.69, 9.17) is 0 Å². The molecule has 0 saturated heterocycles. The van der Waals surface area contributed by atoms with E-state index in [2.05, 4.69) is 39.0 Å². The molecule has 0 radical (unpaired) electrons. The molecule has 2 aromatic rings. The molecule has 2 heteroatoms. The Morgan fingerprint density at radius 1 is 0.962 bits per heavy atom. The minimum Gasteiger partial charge on any atom is -0.508 e. The summed E-state index contributed by atoms with van der Waals surface area (Å²) in [7, 11) is 0. The fraction of sp³-hybridized carbons (Fsp3) is 0.417. The van der Waals surface area contributed by atoms with Crippen LogP contribution in [-0.2, 0) is 5.41 Å². The fourth-order valence-electron chi connectivity index (χ4n) is 4.56. The van der Waals surface area contributed by atoms with Gasteiger partial charge in [-0.05, 0) is 83.9 Å². The van der Waals surface area contributed by atoms with Gasteiger partial charge in [0, 0.05) is 0 Å². The largest absolute Gasteiger partial charge is 0.508 e. The van der Waals surface area contributed by atoms with Gasteiger partial charge < -0.3 is 10.2 Å². The molecule has 2 aromatic carbocycles. The first-order valence-electron chi connectivity index (χ1n) is 9.66. The van der Waals surface area contributed by atoms with Crippen LogP contribution in [0.4, 0.5) is 0 Å². The Hall–Kier alpha value is -2.22. The van der Waals surface area contributed by atoms with Gasteiger partial charge in [-0.2, -0.15) is 0 Å². The summed E-state index contributed by atoms with van der Waals surface area (Å²) in [6.45, 7) is 6.97. The molecule has 26 heavy (non-hydrogen) atoms. The summed E-state index contributed by atoms with van der Waals surface area (Å²) in [4.78, 5) is 0. The topological polar surface area (TPSA) is 40.5 Å². The second-order valence-electron chi connectivity index (χ2n) is 8.31. The third kappa shape index (κ3) is 3.95. The number of phenolic OH excluding ortho intramolecular Hbond substituents is 2. The molecule has 2 atom stereocenters. The first-order valence-corrected chi connectivity index (χ1v) is 9.66. The van der Waals surface area contributed by atoms with Crippen molar-refractivity contribution in [3.8, 4) is 11.5 Å². The molecular weight excluding hydrogens is 320 g/mol. The molecule has 0 fully saturated rings. The van der Waals surface area contributed by atoms with Gasteiger partial charge in [0.15, 0.2) is 0 Å². The van der Waals surface area contributed by atoms with Crippen molar-refractivity contribution in [2.24, 2.45) is 11.8 Å². The fourth-order valence-corrected chi connectivity index (χ4v) is 4.56. The zero-order chi connectivity index (χ0) is 18.7. The average Bonchev–Trinajstić information content (AvgIpc) is 2.62. The highest BCUT2D eigenvalue weighted by atomic mass is 16.3. The minimum absolute atomic E-state index is 0.110. The number of hydrogen-bond donors (Lipinski definition) is 2. The zero-order valence-corrected chi connectivity index (χ0v) is 16.1.